The molecule has 0 bridgehead atoms. The number of carbonyl (C=O) groups excluding carboxylic acids is 3. The first-order chi connectivity index (χ1) is 18.2. The molecule has 0 atom stereocenters. The summed E-state index contributed by atoms with van der Waals surface area (Å²) in [5.74, 6) is -1.36. The summed E-state index contributed by atoms with van der Waals surface area (Å²) in [4.78, 5) is 49.5. The monoisotopic (exact) mass is 555 g/mol. The summed E-state index contributed by atoms with van der Waals surface area (Å²) in [5, 5.41) is 13.4. The molecule has 1 saturated heterocycles. The van der Waals surface area contributed by atoms with E-state index in [1.807, 2.05) is 0 Å². The zero-order valence-electron chi connectivity index (χ0n) is 19.8. The number of anilines is 1. The normalized spacial score (nSPS) is 14.4. The van der Waals surface area contributed by atoms with Gasteiger partial charge in [-0.3, -0.25) is 25.0 Å². The Morgan fingerprint density at radius 3 is 2.47 bits per heavy atom. The molecule has 10 nitrogen and oxygen atoms in total. The Hall–Kier alpha value is -4.41. The largest absolute Gasteiger partial charge is 0.490 e. The van der Waals surface area contributed by atoms with E-state index in [9.17, 15) is 24.5 Å². The maximum absolute atomic E-state index is 13.2. The van der Waals surface area contributed by atoms with Gasteiger partial charge in [-0.2, -0.15) is 0 Å². The zero-order valence-corrected chi connectivity index (χ0v) is 21.3. The number of urea groups is 1. The van der Waals surface area contributed by atoms with Crippen LogP contribution in [0.25, 0.3) is 6.08 Å². The molecule has 12 heteroatoms. The van der Waals surface area contributed by atoms with Crippen LogP contribution in [0.1, 0.15) is 18.1 Å². The highest BCUT2D eigenvalue weighted by Crippen LogP contribution is 2.38. The van der Waals surface area contributed by atoms with Crippen molar-refractivity contribution in [2.75, 3.05) is 11.5 Å². The van der Waals surface area contributed by atoms with Crippen LogP contribution in [0.4, 0.5) is 16.2 Å². The second-order valence-corrected chi connectivity index (χ2v) is 8.70. The third-order valence-corrected chi connectivity index (χ3v) is 5.94. The first kappa shape index (κ1) is 26.6. The summed E-state index contributed by atoms with van der Waals surface area (Å²) in [6.07, 6.45) is 1.27. The lowest BCUT2D eigenvalue weighted by Crippen LogP contribution is -2.54. The van der Waals surface area contributed by atoms with Crippen molar-refractivity contribution in [1.82, 2.24) is 5.32 Å². The first-order valence-corrected chi connectivity index (χ1v) is 11.9. The number of hydrogen-bond acceptors (Lipinski definition) is 7. The highest BCUT2D eigenvalue weighted by molar-refractivity contribution is 6.42. The molecule has 4 amide bonds. The molecule has 1 N–H and O–H groups in total. The molecule has 0 spiro atoms. The number of benzene rings is 3. The predicted molar refractivity (Wildman–Crippen MR) is 141 cm³/mol. The fourth-order valence-electron chi connectivity index (χ4n) is 3.67. The standard InChI is InChI=1S/C26H19Cl2N3O7/c1-2-37-22-13-16(12-20(28)23(22)38-14-15-6-5-7-17(10-15)31(35)36)11-18-24(32)29-26(34)30(25(18)33)21-9-4-3-8-19(21)27/h3-13H,2,14H2,1H3,(H,29,32,34)/b18-11+. The predicted octanol–water partition coefficient (Wildman–Crippen LogP) is 5.55. The summed E-state index contributed by atoms with van der Waals surface area (Å²) in [7, 11) is 0. The maximum atomic E-state index is 13.2. The molecule has 194 valence electrons. The van der Waals surface area contributed by atoms with E-state index in [1.165, 1.54) is 42.5 Å². The van der Waals surface area contributed by atoms with Gasteiger partial charge in [-0.15, -0.1) is 0 Å². The van der Waals surface area contributed by atoms with Crippen LogP contribution in [0.5, 0.6) is 11.5 Å². The average Bonchev–Trinajstić information content (AvgIpc) is 2.87. The van der Waals surface area contributed by atoms with Gasteiger partial charge in [0.1, 0.15) is 12.2 Å². The number of barbiturate groups is 1. The van der Waals surface area contributed by atoms with Gasteiger partial charge < -0.3 is 9.47 Å². The summed E-state index contributed by atoms with van der Waals surface area (Å²) in [6.45, 7) is 1.96. The van der Waals surface area contributed by atoms with Gasteiger partial charge in [0.15, 0.2) is 11.5 Å². The number of nitrogens with one attached hydrogen (secondary N) is 1. The van der Waals surface area contributed by atoms with Crippen LogP contribution in [0.15, 0.2) is 66.2 Å². The fraction of sp³-hybridized carbons (Fsp3) is 0.115. The van der Waals surface area contributed by atoms with Crippen molar-refractivity contribution < 1.29 is 28.8 Å². The van der Waals surface area contributed by atoms with E-state index in [4.69, 9.17) is 32.7 Å². The molecule has 3 aromatic rings. The van der Waals surface area contributed by atoms with Crippen molar-refractivity contribution in [1.29, 1.82) is 0 Å². The summed E-state index contributed by atoms with van der Waals surface area (Å²) in [5.41, 5.74) is 0.580. The van der Waals surface area contributed by atoms with Gasteiger partial charge in [0.05, 0.1) is 27.3 Å². The molecule has 0 aromatic heterocycles. The topological polar surface area (TPSA) is 128 Å². The van der Waals surface area contributed by atoms with Crippen molar-refractivity contribution >= 4 is 58.5 Å². The third-order valence-electron chi connectivity index (χ3n) is 5.34. The molecule has 0 aliphatic carbocycles. The minimum Gasteiger partial charge on any atom is -0.490 e. The van der Waals surface area contributed by atoms with Crippen molar-refractivity contribution in [3.8, 4) is 11.5 Å². The van der Waals surface area contributed by atoms with Gasteiger partial charge in [-0.25, -0.2) is 9.69 Å². The van der Waals surface area contributed by atoms with Crippen LogP contribution in [0.2, 0.25) is 10.0 Å². The molecule has 0 radical (unpaired) electrons. The van der Waals surface area contributed by atoms with Crippen LogP contribution in [-0.2, 0) is 16.2 Å². The van der Waals surface area contributed by atoms with E-state index in [0.717, 1.165) is 4.90 Å². The van der Waals surface area contributed by atoms with Crippen LogP contribution < -0.4 is 19.7 Å². The summed E-state index contributed by atoms with van der Waals surface area (Å²) < 4.78 is 11.5. The second kappa shape index (κ2) is 11.3. The number of amides is 4. The molecule has 0 saturated carbocycles. The van der Waals surface area contributed by atoms with Gasteiger partial charge in [-0.05, 0) is 48.4 Å². The highest BCUT2D eigenvalue weighted by Gasteiger charge is 2.37. The van der Waals surface area contributed by atoms with E-state index in [1.54, 1.807) is 31.2 Å². The number of halogens is 2. The van der Waals surface area contributed by atoms with Crippen LogP contribution in [-0.4, -0.2) is 29.4 Å². The first-order valence-electron chi connectivity index (χ1n) is 11.2. The zero-order chi connectivity index (χ0) is 27.4. The Balaban J connectivity index is 1.66. The molecule has 0 unspecified atom stereocenters. The molecule has 38 heavy (non-hydrogen) atoms. The second-order valence-electron chi connectivity index (χ2n) is 7.89. The van der Waals surface area contributed by atoms with E-state index in [2.05, 4.69) is 5.32 Å². The third kappa shape index (κ3) is 5.61. The summed E-state index contributed by atoms with van der Waals surface area (Å²) >= 11 is 12.6. The Labute approximate surface area is 226 Å². The number of nitro benzene ring substituents is 1. The lowest BCUT2D eigenvalue weighted by molar-refractivity contribution is -0.384. The Bertz CT molecular complexity index is 1490. The van der Waals surface area contributed by atoms with E-state index >= 15 is 0 Å². The number of nitro groups is 1. The Morgan fingerprint density at radius 2 is 1.76 bits per heavy atom. The van der Waals surface area contributed by atoms with Gasteiger partial charge >= 0.3 is 6.03 Å². The molecule has 4 rings (SSSR count). The maximum Gasteiger partial charge on any atom is 0.335 e. The number of ether oxygens (including phenoxy) is 2. The van der Waals surface area contributed by atoms with Crippen molar-refractivity contribution in [2.24, 2.45) is 0 Å². The average molecular weight is 556 g/mol. The summed E-state index contributed by atoms with van der Waals surface area (Å²) in [6, 6.07) is 14.2. The quantitative estimate of drug-likeness (QED) is 0.167. The minimum absolute atomic E-state index is 0.0301. The molecule has 1 fully saturated rings. The Morgan fingerprint density at radius 1 is 1.00 bits per heavy atom. The van der Waals surface area contributed by atoms with Gasteiger partial charge in [-0.1, -0.05) is 47.5 Å². The molecule has 1 heterocycles. The van der Waals surface area contributed by atoms with E-state index in [-0.39, 0.29) is 51.7 Å². The van der Waals surface area contributed by atoms with E-state index in [0.29, 0.717) is 11.1 Å². The Kier molecular flexibility index (Phi) is 7.94. The van der Waals surface area contributed by atoms with E-state index < -0.39 is 22.8 Å². The van der Waals surface area contributed by atoms with Crippen LogP contribution in [0, 0.1) is 10.1 Å². The van der Waals surface area contributed by atoms with Crippen molar-refractivity contribution in [2.45, 2.75) is 13.5 Å². The number of carbonyl (C=O) groups is 3. The van der Waals surface area contributed by atoms with Crippen LogP contribution >= 0.6 is 23.2 Å². The molecule has 1 aliphatic heterocycles. The number of imide groups is 2. The number of para-hydroxylation sites is 1. The van der Waals surface area contributed by atoms with Crippen molar-refractivity contribution in [3.63, 3.8) is 0 Å². The highest BCUT2D eigenvalue weighted by atomic mass is 35.5. The fourth-order valence-corrected chi connectivity index (χ4v) is 4.16. The lowest BCUT2D eigenvalue weighted by Gasteiger charge is -2.27. The number of nitrogens with zero attached hydrogens (tertiary/aromatic N) is 2. The SMILES string of the molecule is CCOc1cc(/C=C2\C(=O)NC(=O)N(c3ccccc3Cl)C2=O)cc(Cl)c1OCc1cccc([N+](=O)[O-])c1. The van der Waals surface area contributed by atoms with Gasteiger partial charge in [0.25, 0.3) is 17.5 Å². The minimum atomic E-state index is -0.928. The molecule has 1 aliphatic rings. The lowest BCUT2D eigenvalue weighted by atomic mass is 10.1. The number of hydrogen-bond donors (Lipinski definition) is 1. The van der Waals surface area contributed by atoms with Crippen molar-refractivity contribution in [3.05, 3.63) is 97.5 Å². The number of rotatable bonds is 8. The smallest absolute Gasteiger partial charge is 0.335 e. The van der Waals surface area contributed by atoms with Crippen LogP contribution in [0.3, 0.4) is 0 Å². The molecular formula is C26H19Cl2N3O7. The molecule has 3 aromatic carbocycles. The number of non-ortho nitro benzene ring substituents is 1. The molecular weight excluding hydrogens is 537 g/mol. The van der Waals surface area contributed by atoms with Gasteiger partial charge in [0, 0.05) is 12.1 Å². The van der Waals surface area contributed by atoms with Gasteiger partial charge in [0.2, 0.25) is 0 Å².